The van der Waals surface area contributed by atoms with Crippen molar-refractivity contribution in [3.63, 3.8) is 0 Å². The molecule has 0 radical (unpaired) electrons. The van der Waals surface area contributed by atoms with Crippen molar-refractivity contribution in [2.24, 2.45) is 5.92 Å². The van der Waals surface area contributed by atoms with Crippen LogP contribution in [0.15, 0.2) is 17.1 Å². The molecule has 4 rings (SSSR count). The van der Waals surface area contributed by atoms with Gasteiger partial charge >= 0.3 is 5.69 Å². The Morgan fingerprint density at radius 1 is 1.42 bits per heavy atom. The molecule has 2 aromatic heterocycles. The van der Waals surface area contributed by atoms with Crippen molar-refractivity contribution in [1.29, 1.82) is 0 Å². The third-order valence-corrected chi connectivity index (χ3v) is 5.12. The zero-order valence-electron chi connectivity index (χ0n) is 14.0. The Morgan fingerprint density at radius 3 is 3.21 bits per heavy atom. The highest BCUT2D eigenvalue weighted by atomic mass is 16.5. The molecular weight excluding hydrogens is 308 g/mol. The maximum atomic E-state index is 11.6. The summed E-state index contributed by atoms with van der Waals surface area (Å²) in [4.78, 5) is 14.0. The van der Waals surface area contributed by atoms with Crippen LogP contribution < -0.4 is 5.69 Å². The first-order valence-electron chi connectivity index (χ1n) is 8.76. The first-order chi connectivity index (χ1) is 11.8. The van der Waals surface area contributed by atoms with E-state index in [-0.39, 0.29) is 11.8 Å². The summed E-state index contributed by atoms with van der Waals surface area (Å²) < 4.78 is 9.89. The molecular formula is C16H24N6O2. The van der Waals surface area contributed by atoms with E-state index in [1.54, 1.807) is 4.57 Å². The lowest BCUT2D eigenvalue weighted by Gasteiger charge is -2.36. The first kappa shape index (κ1) is 15.6. The summed E-state index contributed by atoms with van der Waals surface area (Å²) in [5, 5.41) is 11.1. The summed E-state index contributed by atoms with van der Waals surface area (Å²) in [6.45, 7) is 7.04. The minimum Gasteiger partial charge on any atom is -0.372 e. The molecule has 0 spiro atoms. The fourth-order valence-corrected chi connectivity index (χ4v) is 3.92. The number of ether oxygens (including phenoxy) is 1. The van der Waals surface area contributed by atoms with E-state index in [1.165, 1.54) is 5.69 Å². The maximum Gasteiger partial charge on any atom is 0.343 e. The van der Waals surface area contributed by atoms with Crippen molar-refractivity contribution >= 4 is 0 Å². The van der Waals surface area contributed by atoms with Crippen molar-refractivity contribution in [3.05, 3.63) is 34.3 Å². The Kier molecular flexibility index (Phi) is 4.24. The number of aryl methyl sites for hydroxylation is 1. The molecule has 1 fully saturated rings. The van der Waals surface area contributed by atoms with Crippen LogP contribution in [-0.4, -0.2) is 49.1 Å². The van der Waals surface area contributed by atoms with Gasteiger partial charge in [-0.3, -0.25) is 14.1 Å². The third kappa shape index (κ3) is 2.80. The highest BCUT2D eigenvalue weighted by Crippen LogP contribution is 2.34. The van der Waals surface area contributed by atoms with Crippen molar-refractivity contribution in [1.82, 2.24) is 29.4 Å². The largest absolute Gasteiger partial charge is 0.372 e. The van der Waals surface area contributed by atoms with E-state index in [1.807, 2.05) is 10.9 Å². The minimum atomic E-state index is -0.102. The van der Waals surface area contributed by atoms with Crippen LogP contribution in [-0.2, 0) is 24.4 Å². The van der Waals surface area contributed by atoms with Gasteiger partial charge in [-0.25, -0.2) is 9.89 Å². The van der Waals surface area contributed by atoms with Gasteiger partial charge in [0.25, 0.3) is 0 Å². The van der Waals surface area contributed by atoms with Gasteiger partial charge in [0.1, 0.15) is 11.9 Å². The predicted octanol–water partition coefficient (Wildman–Crippen LogP) is 0.771. The summed E-state index contributed by atoms with van der Waals surface area (Å²) in [7, 11) is 0. The van der Waals surface area contributed by atoms with Gasteiger partial charge in [0.2, 0.25) is 0 Å². The van der Waals surface area contributed by atoms with E-state index >= 15 is 0 Å². The highest BCUT2D eigenvalue weighted by molar-refractivity contribution is 5.08. The molecule has 4 heterocycles. The van der Waals surface area contributed by atoms with Crippen LogP contribution >= 0.6 is 0 Å². The molecule has 8 heteroatoms. The van der Waals surface area contributed by atoms with E-state index < -0.39 is 0 Å². The topological polar surface area (TPSA) is 81.0 Å². The number of nitrogens with zero attached hydrogens (tertiary/aromatic N) is 5. The van der Waals surface area contributed by atoms with E-state index in [0.29, 0.717) is 12.5 Å². The zero-order chi connectivity index (χ0) is 16.5. The maximum absolute atomic E-state index is 11.6. The standard InChI is InChI=1S/C16H24N6O2/c1-2-22-13(5-6-17-22)15-12(4-3-9-24-15)10-20-7-8-21-14(11-20)18-19-16(21)23/h5-6,12,15H,2-4,7-11H2,1H3,(H,19,23)/t12-,15+/m0/s1. The Balaban J connectivity index is 1.49. The van der Waals surface area contributed by atoms with Crippen LogP contribution in [0.2, 0.25) is 0 Å². The van der Waals surface area contributed by atoms with Gasteiger partial charge in [-0.2, -0.15) is 10.2 Å². The number of H-pyrrole nitrogens is 1. The average Bonchev–Trinajstić information content (AvgIpc) is 3.22. The molecule has 2 aliphatic rings. The van der Waals surface area contributed by atoms with E-state index in [9.17, 15) is 4.79 Å². The molecule has 24 heavy (non-hydrogen) atoms. The molecule has 0 saturated carbocycles. The Hall–Kier alpha value is -1.93. The molecule has 0 amide bonds. The molecule has 8 nitrogen and oxygen atoms in total. The van der Waals surface area contributed by atoms with Gasteiger partial charge < -0.3 is 4.74 Å². The smallest absolute Gasteiger partial charge is 0.343 e. The van der Waals surface area contributed by atoms with Crippen LogP contribution in [0.25, 0.3) is 0 Å². The zero-order valence-corrected chi connectivity index (χ0v) is 14.0. The fourth-order valence-electron chi connectivity index (χ4n) is 3.92. The molecule has 1 N–H and O–H groups in total. The van der Waals surface area contributed by atoms with Gasteiger partial charge in [0, 0.05) is 44.9 Å². The third-order valence-electron chi connectivity index (χ3n) is 5.12. The number of hydrogen-bond donors (Lipinski definition) is 1. The SMILES string of the molecule is CCn1nccc1[C@@H]1OCCC[C@H]1CN1CCn2c(n[nH]c2=O)C1. The Bertz CT molecular complexity index is 748. The first-order valence-corrected chi connectivity index (χ1v) is 8.76. The molecule has 0 aliphatic carbocycles. The number of aromatic amines is 1. The number of rotatable bonds is 4. The van der Waals surface area contributed by atoms with Crippen LogP contribution in [0.5, 0.6) is 0 Å². The van der Waals surface area contributed by atoms with Crippen LogP contribution in [0.1, 0.15) is 37.4 Å². The normalized spacial score (nSPS) is 24.9. The van der Waals surface area contributed by atoms with Crippen molar-refractivity contribution < 1.29 is 4.74 Å². The highest BCUT2D eigenvalue weighted by Gasteiger charge is 2.32. The van der Waals surface area contributed by atoms with Gasteiger partial charge in [-0.1, -0.05) is 0 Å². The monoisotopic (exact) mass is 332 g/mol. The van der Waals surface area contributed by atoms with Crippen LogP contribution in [0.4, 0.5) is 0 Å². The second kappa shape index (κ2) is 6.52. The fraction of sp³-hybridized carbons (Fsp3) is 0.688. The van der Waals surface area contributed by atoms with Crippen molar-refractivity contribution in [2.75, 3.05) is 19.7 Å². The Labute approximate surface area is 140 Å². The molecule has 130 valence electrons. The van der Waals surface area contributed by atoms with Gasteiger partial charge in [0.15, 0.2) is 0 Å². The lowest BCUT2D eigenvalue weighted by molar-refractivity contribution is -0.0458. The van der Waals surface area contributed by atoms with E-state index in [0.717, 1.165) is 51.5 Å². The predicted molar refractivity (Wildman–Crippen MR) is 87.4 cm³/mol. The Morgan fingerprint density at radius 2 is 2.33 bits per heavy atom. The van der Waals surface area contributed by atoms with Crippen LogP contribution in [0.3, 0.4) is 0 Å². The lowest BCUT2D eigenvalue weighted by atomic mass is 9.91. The average molecular weight is 332 g/mol. The second-order valence-electron chi connectivity index (χ2n) is 6.60. The number of nitrogens with one attached hydrogen (secondary N) is 1. The van der Waals surface area contributed by atoms with Crippen molar-refractivity contribution in [3.8, 4) is 0 Å². The summed E-state index contributed by atoms with van der Waals surface area (Å²) in [5.74, 6) is 1.27. The summed E-state index contributed by atoms with van der Waals surface area (Å²) in [6, 6.07) is 2.08. The van der Waals surface area contributed by atoms with Gasteiger partial charge in [-0.15, -0.1) is 0 Å². The van der Waals surface area contributed by atoms with Crippen LogP contribution in [0, 0.1) is 5.92 Å². The molecule has 0 unspecified atom stereocenters. The summed E-state index contributed by atoms with van der Waals surface area (Å²) in [5.41, 5.74) is 1.08. The number of hydrogen-bond acceptors (Lipinski definition) is 5. The second-order valence-corrected chi connectivity index (χ2v) is 6.60. The molecule has 1 saturated heterocycles. The summed E-state index contributed by atoms with van der Waals surface area (Å²) >= 11 is 0. The van der Waals surface area contributed by atoms with E-state index in [2.05, 4.69) is 33.2 Å². The minimum absolute atomic E-state index is 0.101. The molecule has 0 bridgehead atoms. The number of fused-ring (bicyclic) bond motifs is 1. The van der Waals surface area contributed by atoms with Crippen molar-refractivity contribution in [2.45, 2.75) is 45.5 Å². The lowest BCUT2D eigenvalue weighted by Crippen LogP contribution is -2.41. The number of aromatic nitrogens is 5. The molecule has 2 aliphatic heterocycles. The molecule has 2 aromatic rings. The van der Waals surface area contributed by atoms with E-state index in [4.69, 9.17) is 4.74 Å². The summed E-state index contributed by atoms with van der Waals surface area (Å²) in [6.07, 6.45) is 4.22. The molecule has 2 atom stereocenters. The van der Waals surface area contributed by atoms with Gasteiger partial charge in [-0.05, 0) is 25.8 Å². The van der Waals surface area contributed by atoms with Gasteiger partial charge in [0.05, 0.1) is 12.2 Å². The quantitative estimate of drug-likeness (QED) is 0.894. The molecule has 0 aromatic carbocycles.